The third-order valence-corrected chi connectivity index (χ3v) is 7.83. The molecule has 2 aromatic rings. The summed E-state index contributed by atoms with van der Waals surface area (Å²) in [5, 5.41) is 2.20. The van der Waals surface area contributed by atoms with Gasteiger partial charge in [0.25, 0.3) is 0 Å². The van der Waals surface area contributed by atoms with Gasteiger partial charge in [-0.25, -0.2) is 0 Å². The van der Waals surface area contributed by atoms with E-state index in [1.165, 1.54) is 36.1 Å². The van der Waals surface area contributed by atoms with Gasteiger partial charge in [0.15, 0.2) is 0 Å². The van der Waals surface area contributed by atoms with Gasteiger partial charge < -0.3 is 9.80 Å². The van der Waals surface area contributed by atoms with E-state index in [0.717, 1.165) is 44.1 Å². The number of likely N-dealkylation sites (tertiary alicyclic amines) is 1. The number of rotatable bonds is 5. The second-order valence-electron chi connectivity index (χ2n) is 9.19. The van der Waals surface area contributed by atoms with E-state index in [2.05, 4.69) is 65.5 Å². The molecule has 2 fully saturated rings. The van der Waals surface area contributed by atoms with Crippen molar-refractivity contribution in [2.75, 3.05) is 31.6 Å². The first kappa shape index (κ1) is 20.6. The third-order valence-electron chi connectivity index (χ3n) is 6.87. The van der Waals surface area contributed by atoms with Crippen molar-refractivity contribution in [1.82, 2.24) is 4.90 Å². The highest BCUT2D eigenvalue weighted by Crippen LogP contribution is 2.36. The third kappa shape index (κ3) is 5.10. The van der Waals surface area contributed by atoms with E-state index >= 15 is 0 Å². The van der Waals surface area contributed by atoms with Gasteiger partial charge >= 0.3 is 0 Å². The lowest BCUT2D eigenvalue weighted by Crippen LogP contribution is -2.43. The van der Waals surface area contributed by atoms with Gasteiger partial charge in [-0.1, -0.05) is 37.3 Å². The molecule has 2 aliphatic rings. The normalized spacial score (nSPS) is 23.8. The van der Waals surface area contributed by atoms with Gasteiger partial charge in [-0.3, -0.25) is 4.79 Å². The highest BCUT2D eigenvalue weighted by atomic mass is 32.1. The molecule has 0 atom stereocenters. The van der Waals surface area contributed by atoms with Crippen LogP contribution >= 0.6 is 11.3 Å². The minimum Gasteiger partial charge on any atom is -0.311 e. The second-order valence-corrected chi connectivity index (χ2v) is 10.1. The monoisotopic (exact) mass is 410 g/mol. The van der Waals surface area contributed by atoms with Crippen molar-refractivity contribution in [2.45, 2.75) is 45.4 Å². The van der Waals surface area contributed by atoms with E-state index in [1.54, 1.807) is 11.3 Å². The average Bonchev–Trinajstić information content (AvgIpc) is 3.24. The molecular formula is C25H34N2OS. The molecule has 0 radical (unpaired) electrons. The number of benzene rings is 1. The Morgan fingerprint density at radius 1 is 1.07 bits per heavy atom. The SMILES string of the molecule is CC1CCC(C(=O)N(CC2CCN(C)CC2)c2csc(-c3ccccc3)c2)CC1. The Balaban J connectivity index is 1.54. The summed E-state index contributed by atoms with van der Waals surface area (Å²) in [7, 11) is 2.20. The lowest BCUT2D eigenvalue weighted by atomic mass is 9.82. The molecule has 2 heterocycles. The van der Waals surface area contributed by atoms with E-state index in [1.807, 2.05) is 0 Å². The molecule has 4 rings (SSSR count). The Hall–Kier alpha value is -1.65. The van der Waals surface area contributed by atoms with E-state index in [0.29, 0.717) is 11.8 Å². The Morgan fingerprint density at radius 2 is 1.76 bits per heavy atom. The number of carbonyl (C=O) groups is 1. The van der Waals surface area contributed by atoms with Crippen molar-refractivity contribution in [2.24, 2.45) is 17.8 Å². The van der Waals surface area contributed by atoms with Crippen LogP contribution in [-0.2, 0) is 4.79 Å². The van der Waals surface area contributed by atoms with Crippen molar-refractivity contribution in [3.05, 3.63) is 41.8 Å². The number of nitrogens with zero attached hydrogens (tertiary/aromatic N) is 2. The van der Waals surface area contributed by atoms with Crippen LogP contribution in [0.4, 0.5) is 5.69 Å². The van der Waals surface area contributed by atoms with Gasteiger partial charge in [-0.05, 0) is 82.1 Å². The summed E-state index contributed by atoms with van der Waals surface area (Å²) in [6, 6.07) is 12.8. The molecule has 3 nitrogen and oxygen atoms in total. The van der Waals surface area contributed by atoms with E-state index < -0.39 is 0 Å². The van der Waals surface area contributed by atoms with Gasteiger partial charge in [0, 0.05) is 22.7 Å². The predicted molar refractivity (Wildman–Crippen MR) is 123 cm³/mol. The molecule has 1 aliphatic heterocycles. The Kier molecular flexibility index (Phi) is 6.71. The highest BCUT2D eigenvalue weighted by Gasteiger charge is 2.31. The first-order valence-electron chi connectivity index (χ1n) is 11.2. The molecule has 1 aromatic carbocycles. The molecule has 1 saturated heterocycles. The second kappa shape index (κ2) is 9.44. The van der Waals surface area contributed by atoms with Crippen molar-refractivity contribution in [3.8, 4) is 10.4 Å². The van der Waals surface area contributed by atoms with Crippen molar-refractivity contribution < 1.29 is 4.79 Å². The van der Waals surface area contributed by atoms with Gasteiger partial charge in [0.1, 0.15) is 0 Å². The zero-order valence-corrected chi connectivity index (χ0v) is 18.7. The number of amides is 1. The molecule has 1 aromatic heterocycles. The number of piperidine rings is 1. The lowest BCUT2D eigenvalue weighted by molar-refractivity contribution is -0.123. The first-order chi connectivity index (χ1) is 14.1. The van der Waals surface area contributed by atoms with Gasteiger partial charge in [-0.2, -0.15) is 0 Å². The van der Waals surface area contributed by atoms with E-state index in [4.69, 9.17) is 0 Å². The fraction of sp³-hybridized carbons (Fsp3) is 0.560. The number of hydrogen-bond acceptors (Lipinski definition) is 3. The van der Waals surface area contributed by atoms with E-state index in [-0.39, 0.29) is 5.92 Å². The fourth-order valence-electron chi connectivity index (χ4n) is 4.77. The molecule has 1 aliphatic carbocycles. The summed E-state index contributed by atoms with van der Waals surface area (Å²) in [5.74, 6) is 1.95. The van der Waals surface area contributed by atoms with Crippen LogP contribution in [0.15, 0.2) is 41.8 Å². The number of hydrogen-bond donors (Lipinski definition) is 0. The molecular weight excluding hydrogens is 376 g/mol. The summed E-state index contributed by atoms with van der Waals surface area (Å²) in [6.45, 7) is 5.49. The van der Waals surface area contributed by atoms with Gasteiger partial charge in [0.2, 0.25) is 5.91 Å². The summed E-state index contributed by atoms with van der Waals surface area (Å²) in [5.41, 5.74) is 2.35. The number of thiophene rings is 1. The Bertz CT molecular complexity index is 786. The Morgan fingerprint density at radius 3 is 2.45 bits per heavy atom. The summed E-state index contributed by atoms with van der Waals surface area (Å²) < 4.78 is 0. The van der Waals surface area contributed by atoms with Crippen LogP contribution in [0.25, 0.3) is 10.4 Å². The molecule has 1 saturated carbocycles. The molecule has 29 heavy (non-hydrogen) atoms. The summed E-state index contributed by atoms with van der Waals surface area (Å²) in [6.07, 6.45) is 6.88. The minimum atomic E-state index is 0.206. The standard InChI is InChI=1S/C25H34N2OS/c1-19-8-10-22(11-9-19)25(28)27(17-20-12-14-26(2)15-13-20)23-16-24(29-18-23)21-6-4-3-5-7-21/h3-7,16,18-20,22H,8-15,17H2,1-2H3. The van der Waals surface area contributed by atoms with Crippen LogP contribution in [0.5, 0.6) is 0 Å². The van der Waals surface area contributed by atoms with Crippen molar-refractivity contribution >= 4 is 22.9 Å². The smallest absolute Gasteiger partial charge is 0.230 e. The maximum Gasteiger partial charge on any atom is 0.230 e. The molecule has 156 valence electrons. The molecule has 0 N–H and O–H groups in total. The quantitative estimate of drug-likeness (QED) is 0.611. The predicted octanol–water partition coefficient (Wildman–Crippen LogP) is 5.92. The zero-order chi connectivity index (χ0) is 20.2. The first-order valence-corrected chi connectivity index (χ1v) is 12.1. The van der Waals surface area contributed by atoms with Crippen LogP contribution in [-0.4, -0.2) is 37.5 Å². The largest absolute Gasteiger partial charge is 0.311 e. The van der Waals surface area contributed by atoms with Crippen molar-refractivity contribution in [1.29, 1.82) is 0 Å². The van der Waals surface area contributed by atoms with Crippen LogP contribution in [0.2, 0.25) is 0 Å². The van der Waals surface area contributed by atoms with Crippen LogP contribution in [0.1, 0.15) is 45.4 Å². The topological polar surface area (TPSA) is 23.6 Å². The maximum atomic E-state index is 13.6. The van der Waals surface area contributed by atoms with Crippen molar-refractivity contribution in [3.63, 3.8) is 0 Å². The summed E-state index contributed by atoms with van der Waals surface area (Å²) in [4.78, 5) is 19.4. The fourth-order valence-corrected chi connectivity index (χ4v) is 5.68. The molecule has 1 amide bonds. The summed E-state index contributed by atoms with van der Waals surface area (Å²) >= 11 is 1.76. The van der Waals surface area contributed by atoms with Gasteiger partial charge in [0.05, 0.1) is 5.69 Å². The molecule has 0 unspecified atom stereocenters. The number of anilines is 1. The van der Waals surface area contributed by atoms with Crippen LogP contribution in [0.3, 0.4) is 0 Å². The van der Waals surface area contributed by atoms with Crippen LogP contribution in [0, 0.1) is 17.8 Å². The highest BCUT2D eigenvalue weighted by molar-refractivity contribution is 7.14. The van der Waals surface area contributed by atoms with Crippen LogP contribution < -0.4 is 4.90 Å². The number of carbonyl (C=O) groups excluding carboxylic acids is 1. The maximum absolute atomic E-state index is 13.6. The molecule has 4 heteroatoms. The molecule has 0 bridgehead atoms. The lowest BCUT2D eigenvalue weighted by Gasteiger charge is -2.35. The minimum absolute atomic E-state index is 0.206. The van der Waals surface area contributed by atoms with Gasteiger partial charge in [-0.15, -0.1) is 11.3 Å². The molecule has 0 spiro atoms. The zero-order valence-electron chi connectivity index (χ0n) is 17.8. The van der Waals surface area contributed by atoms with E-state index in [9.17, 15) is 4.79 Å². The Labute approximate surface area is 179 Å². The average molecular weight is 411 g/mol.